The zero-order valence-electron chi connectivity index (χ0n) is 20.8. The van der Waals surface area contributed by atoms with E-state index in [1.807, 2.05) is 30.3 Å². The average Bonchev–Trinajstić information content (AvgIpc) is 3.21. The Bertz CT molecular complexity index is 1200. The van der Waals surface area contributed by atoms with Crippen LogP contribution in [0.15, 0.2) is 60.8 Å². The summed E-state index contributed by atoms with van der Waals surface area (Å²) in [5.74, 6) is -0.211. The summed E-state index contributed by atoms with van der Waals surface area (Å²) in [7, 11) is 3.51. The first kappa shape index (κ1) is 25.4. The molecule has 1 aliphatic rings. The highest BCUT2D eigenvalue weighted by Gasteiger charge is 2.42. The molecule has 1 atom stereocenters. The number of aryl methyl sites for hydroxylation is 2. The summed E-state index contributed by atoms with van der Waals surface area (Å²) >= 11 is 0. The number of ether oxygens (including phenoxy) is 2. The van der Waals surface area contributed by atoms with Crippen molar-refractivity contribution in [1.82, 2.24) is 19.6 Å². The number of carbonyl (C=O) groups is 2. The number of benzene rings is 2. The van der Waals surface area contributed by atoms with Crippen molar-refractivity contribution < 1.29 is 23.5 Å². The first-order chi connectivity index (χ1) is 17.2. The second-order valence-electron chi connectivity index (χ2n) is 9.21. The Morgan fingerprint density at radius 3 is 2.56 bits per heavy atom. The van der Waals surface area contributed by atoms with E-state index in [2.05, 4.69) is 5.10 Å². The molecular formula is C27H31FN4O4. The van der Waals surface area contributed by atoms with Gasteiger partial charge in [-0.3, -0.25) is 14.3 Å². The van der Waals surface area contributed by atoms with Gasteiger partial charge in [-0.25, -0.2) is 4.39 Å². The number of aromatic nitrogens is 2. The van der Waals surface area contributed by atoms with Gasteiger partial charge in [-0.15, -0.1) is 0 Å². The lowest BCUT2D eigenvalue weighted by atomic mass is 9.96. The maximum absolute atomic E-state index is 13.4. The zero-order valence-corrected chi connectivity index (χ0v) is 20.8. The van der Waals surface area contributed by atoms with Crippen LogP contribution in [0, 0.1) is 12.7 Å². The molecule has 0 saturated carbocycles. The lowest BCUT2D eigenvalue weighted by Gasteiger charge is -2.42. The van der Waals surface area contributed by atoms with Crippen LogP contribution in [0.4, 0.5) is 4.39 Å². The number of morpholine rings is 1. The Kier molecular flexibility index (Phi) is 7.69. The molecule has 4 rings (SSSR count). The van der Waals surface area contributed by atoms with E-state index in [0.717, 1.165) is 5.56 Å². The van der Waals surface area contributed by atoms with Crippen LogP contribution < -0.4 is 4.74 Å². The van der Waals surface area contributed by atoms with Gasteiger partial charge in [0.1, 0.15) is 23.8 Å². The van der Waals surface area contributed by atoms with Crippen LogP contribution in [0.5, 0.6) is 5.75 Å². The summed E-state index contributed by atoms with van der Waals surface area (Å²) in [6.07, 6.45) is 1.72. The number of hydrogen-bond donors (Lipinski definition) is 0. The van der Waals surface area contributed by atoms with E-state index in [0.29, 0.717) is 30.1 Å². The minimum Gasteiger partial charge on any atom is -0.490 e. The SMILES string of the molecule is Cc1nn(C)cc1C(=O)N1CCOC(COc2ccc(F)cc2)(CC(=O)N(C)Cc2ccccc2)C1. The summed E-state index contributed by atoms with van der Waals surface area (Å²) in [5.41, 5.74) is 1.10. The molecule has 2 heterocycles. The van der Waals surface area contributed by atoms with Gasteiger partial charge in [0.25, 0.3) is 5.91 Å². The van der Waals surface area contributed by atoms with Crippen molar-refractivity contribution in [2.45, 2.75) is 25.5 Å². The van der Waals surface area contributed by atoms with Crippen molar-refractivity contribution in [3.8, 4) is 5.75 Å². The molecule has 36 heavy (non-hydrogen) atoms. The number of amides is 2. The maximum Gasteiger partial charge on any atom is 0.257 e. The second-order valence-corrected chi connectivity index (χ2v) is 9.21. The van der Waals surface area contributed by atoms with Gasteiger partial charge in [0.15, 0.2) is 0 Å². The molecule has 0 aliphatic carbocycles. The number of hydrogen-bond acceptors (Lipinski definition) is 5. The molecule has 1 aromatic heterocycles. The molecule has 2 amide bonds. The van der Waals surface area contributed by atoms with E-state index >= 15 is 0 Å². The fourth-order valence-corrected chi connectivity index (χ4v) is 4.35. The quantitative estimate of drug-likeness (QED) is 0.481. The third-order valence-corrected chi connectivity index (χ3v) is 6.26. The monoisotopic (exact) mass is 494 g/mol. The highest BCUT2D eigenvalue weighted by molar-refractivity contribution is 5.95. The van der Waals surface area contributed by atoms with Gasteiger partial charge in [-0.1, -0.05) is 30.3 Å². The van der Waals surface area contributed by atoms with Gasteiger partial charge in [0.05, 0.1) is 30.8 Å². The topological polar surface area (TPSA) is 76.9 Å². The predicted octanol–water partition coefficient (Wildman–Crippen LogP) is 3.21. The van der Waals surface area contributed by atoms with Gasteiger partial charge in [-0.2, -0.15) is 5.10 Å². The van der Waals surface area contributed by atoms with E-state index in [4.69, 9.17) is 9.47 Å². The molecule has 190 valence electrons. The Morgan fingerprint density at radius 2 is 1.89 bits per heavy atom. The highest BCUT2D eigenvalue weighted by Crippen LogP contribution is 2.27. The summed E-state index contributed by atoms with van der Waals surface area (Å²) in [6, 6.07) is 15.4. The van der Waals surface area contributed by atoms with Crippen LogP contribution in [0.2, 0.25) is 0 Å². The minimum absolute atomic E-state index is 0.0212. The van der Waals surface area contributed by atoms with E-state index in [1.165, 1.54) is 24.3 Å². The third kappa shape index (κ3) is 6.09. The molecule has 0 spiro atoms. The predicted molar refractivity (Wildman–Crippen MR) is 132 cm³/mol. The van der Waals surface area contributed by atoms with Crippen LogP contribution in [-0.2, 0) is 23.1 Å². The van der Waals surface area contributed by atoms with E-state index in [-0.39, 0.29) is 43.8 Å². The molecule has 1 unspecified atom stereocenters. The summed E-state index contributed by atoms with van der Waals surface area (Å²) in [4.78, 5) is 30.0. The van der Waals surface area contributed by atoms with Crippen molar-refractivity contribution >= 4 is 11.8 Å². The molecule has 1 aliphatic heterocycles. The van der Waals surface area contributed by atoms with Gasteiger partial charge >= 0.3 is 0 Å². The van der Waals surface area contributed by atoms with Crippen LogP contribution >= 0.6 is 0 Å². The van der Waals surface area contributed by atoms with Crippen molar-refractivity contribution in [2.75, 3.05) is 33.4 Å². The zero-order chi connectivity index (χ0) is 25.7. The summed E-state index contributed by atoms with van der Waals surface area (Å²) in [6.45, 7) is 3.09. The van der Waals surface area contributed by atoms with E-state index in [9.17, 15) is 14.0 Å². The first-order valence-electron chi connectivity index (χ1n) is 11.8. The molecule has 8 nitrogen and oxygen atoms in total. The van der Waals surface area contributed by atoms with E-state index < -0.39 is 5.60 Å². The molecule has 3 aromatic rings. The molecule has 0 N–H and O–H groups in total. The molecule has 1 saturated heterocycles. The van der Waals surface area contributed by atoms with Crippen LogP contribution in [0.3, 0.4) is 0 Å². The maximum atomic E-state index is 13.4. The fraction of sp³-hybridized carbons (Fsp3) is 0.370. The molecule has 0 radical (unpaired) electrons. The fourth-order valence-electron chi connectivity index (χ4n) is 4.35. The first-order valence-corrected chi connectivity index (χ1v) is 11.8. The van der Waals surface area contributed by atoms with Gasteiger partial charge < -0.3 is 19.3 Å². The second kappa shape index (κ2) is 10.9. The van der Waals surface area contributed by atoms with Gasteiger partial charge in [-0.05, 0) is 36.8 Å². The van der Waals surface area contributed by atoms with Crippen molar-refractivity contribution in [1.29, 1.82) is 0 Å². The Morgan fingerprint density at radius 1 is 1.17 bits per heavy atom. The number of halogens is 1. The normalized spacial score (nSPS) is 17.6. The lowest BCUT2D eigenvalue weighted by molar-refractivity contribution is -0.152. The minimum atomic E-state index is -1.07. The van der Waals surface area contributed by atoms with Crippen molar-refractivity contribution in [3.05, 3.63) is 83.4 Å². The summed E-state index contributed by atoms with van der Waals surface area (Å²) < 4.78 is 27.1. The van der Waals surface area contributed by atoms with Crippen LogP contribution in [-0.4, -0.2) is 70.3 Å². The van der Waals surface area contributed by atoms with Crippen LogP contribution in [0.1, 0.15) is 28.0 Å². The smallest absolute Gasteiger partial charge is 0.257 e. The van der Waals surface area contributed by atoms with Gasteiger partial charge in [0.2, 0.25) is 5.91 Å². The van der Waals surface area contributed by atoms with Crippen LogP contribution in [0.25, 0.3) is 0 Å². The molecule has 1 fully saturated rings. The standard InChI is InChI=1S/C27H31FN4O4/c1-20-24(17-31(3)29-20)26(34)32-13-14-36-27(18-32,19-35-23-11-9-22(28)10-12-23)15-25(33)30(2)16-21-7-5-4-6-8-21/h4-12,17H,13-16,18-19H2,1-3H3. The molecule has 0 bridgehead atoms. The Labute approximate surface area is 210 Å². The summed E-state index contributed by atoms with van der Waals surface area (Å²) in [5, 5.41) is 4.28. The number of carbonyl (C=O) groups excluding carboxylic acids is 2. The number of rotatable bonds is 8. The van der Waals surface area contributed by atoms with Crippen molar-refractivity contribution in [2.24, 2.45) is 7.05 Å². The molecule has 2 aromatic carbocycles. The highest BCUT2D eigenvalue weighted by atomic mass is 19.1. The largest absolute Gasteiger partial charge is 0.490 e. The average molecular weight is 495 g/mol. The lowest BCUT2D eigenvalue weighted by Crippen LogP contribution is -2.58. The molecular weight excluding hydrogens is 463 g/mol. The van der Waals surface area contributed by atoms with Crippen molar-refractivity contribution in [3.63, 3.8) is 0 Å². The van der Waals surface area contributed by atoms with Gasteiger partial charge in [0, 0.05) is 33.4 Å². The third-order valence-electron chi connectivity index (χ3n) is 6.26. The van der Waals surface area contributed by atoms with E-state index in [1.54, 1.807) is 41.7 Å². The Balaban J connectivity index is 1.53. The number of nitrogens with zero attached hydrogens (tertiary/aromatic N) is 4. The Hall–Kier alpha value is -3.72. The molecule has 9 heteroatoms.